The van der Waals surface area contributed by atoms with E-state index in [1.807, 2.05) is 34.7 Å². The number of hydrogen-bond acceptors (Lipinski definition) is 7. The quantitative estimate of drug-likeness (QED) is 0.508. The van der Waals surface area contributed by atoms with E-state index in [2.05, 4.69) is 4.90 Å². The maximum atomic E-state index is 15.2. The molecule has 192 valence electrons. The zero-order valence-electron chi connectivity index (χ0n) is 19.6. The lowest BCUT2D eigenvalue weighted by molar-refractivity contribution is -0.136. The molecule has 0 aromatic heterocycles. The monoisotopic (exact) mass is 560 g/mol. The summed E-state index contributed by atoms with van der Waals surface area (Å²) < 4.78 is 26.5. The Morgan fingerprint density at radius 1 is 1.16 bits per heavy atom. The Kier molecular flexibility index (Phi) is 6.79. The Labute approximate surface area is 228 Å². The van der Waals surface area contributed by atoms with Gasteiger partial charge in [0.15, 0.2) is 11.8 Å². The summed E-state index contributed by atoms with van der Waals surface area (Å²) in [6.07, 6.45) is 3.83. The third kappa shape index (κ3) is 4.69. The molecular formula is C26H23Cl2FN4O3S. The van der Waals surface area contributed by atoms with Gasteiger partial charge in [-0.2, -0.15) is 0 Å². The zero-order chi connectivity index (χ0) is 25.5. The molecule has 6 rings (SSSR count). The number of amides is 1. The van der Waals surface area contributed by atoms with E-state index in [1.54, 1.807) is 23.1 Å². The van der Waals surface area contributed by atoms with Crippen LogP contribution in [-0.2, 0) is 9.53 Å². The van der Waals surface area contributed by atoms with Gasteiger partial charge in [-0.3, -0.25) is 4.79 Å². The molecule has 4 aliphatic heterocycles. The van der Waals surface area contributed by atoms with Gasteiger partial charge in [0.25, 0.3) is 5.91 Å². The van der Waals surface area contributed by atoms with Crippen molar-refractivity contribution in [2.24, 2.45) is 4.99 Å². The van der Waals surface area contributed by atoms with Crippen molar-refractivity contribution in [2.45, 2.75) is 12.1 Å². The Balaban J connectivity index is 1.23. The lowest BCUT2D eigenvalue weighted by Crippen LogP contribution is -2.50. The number of rotatable bonds is 5. The smallest absolute Gasteiger partial charge is 0.261 e. The highest BCUT2D eigenvalue weighted by molar-refractivity contribution is 8.16. The van der Waals surface area contributed by atoms with Crippen LogP contribution in [0.1, 0.15) is 11.6 Å². The number of nitrogens with zero attached hydrogens (tertiary/aromatic N) is 4. The molecule has 4 heterocycles. The SMILES string of the molecule is O=C(COc1ccc(N2CCOCC2)cc1Cl)N1CC=C2N=C3SC=CN3C2[C@H]1c1ccc(Cl)cc1F. The number of fused-ring (bicyclic) bond motifs is 3. The topological polar surface area (TPSA) is 57.6 Å². The predicted molar refractivity (Wildman–Crippen MR) is 144 cm³/mol. The van der Waals surface area contributed by atoms with E-state index in [9.17, 15) is 4.79 Å². The molecule has 4 aliphatic rings. The van der Waals surface area contributed by atoms with Crippen LogP contribution in [0.4, 0.5) is 10.1 Å². The summed E-state index contributed by atoms with van der Waals surface area (Å²) in [4.78, 5) is 24.0. The van der Waals surface area contributed by atoms with Crippen molar-refractivity contribution >= 4 is 51.7 Å². The number of morpholine rings is 1. The summed E-state index contributed by atoms with van der Waals surface area (Å²) in [5.74, 6) is -0.337. The fourth-order valence-corrected chi connectivity index (χ4v) is 6.19. The highest BCUT2D eigenvalue weighted by Crippen LogP contribution is 2.44. The van der Waals surface area contributed by atoms with Gasteiger partial charge in [0.2, 0.25) is 0 Å². The van der Waals surface area contributed by atoms with Gasteiger partial charge in [-0.15, -0.1) is 0 Å². The molecule has 2 aromatic rings. The Morgan fingerprint density at radius 2 is 2.00 bits per heavy atom. The van der Waals surface area contributed by atoms with Crippen LogP contribution in [0.5, 0.6) is 5.75 Å². The standard InChI is InChI=1S/C26H23Cl2FN4O3S/c27-16-1-3-18(20(29)13-16)24-25-21(30-26-33(25)9-12-37-26)5-6-32(24)23(34)15-36-22-4-2-17(14-19(22)28)31-7-10-35-11-8-31/h1-5,9,12-14,24-25H,6-8,10-11,15H2/t24-,25?/m1/s1. The molecule has 0 saturated carbocycles. The van der Waals surface area contributed by atoms with Gasteiger partial charge in [0, 0.05) is 42.1 Å². The highest BCUT2D eigenvalue weighted by Gasteiger charge is 2.46. The first-order valence-corrected chi connectivity index (χ1v) is 13.5. The van der Waals surface area contributed by atoms with E-state index in [-0.39, 0.29) is 25.1 Å². The Morgan fingerprint density at radius 3 is 2.78 bits per heavy atom. The third-order valence-electron chi connectivity index (χ3n) is 6.82. The molecule has 0 radical (unpaired) electrons. The van der Waals surface area contributed by atoms with Gasteiger partial charge in [-0.05, 0) is 41.8 Å². The lowest BCUT2D eigenvalue weighted by Gasteiger charge is -2.41. The second-order valence-electron chi connectivity index (χ2n) is 8.94. The van der Waals surface area contributed by atoms with Gasteiger partial charge in [-0.1, -0.05) is 41.0 Å². The van der Waals surface area contributed by atoms with Gasteiger partial charge >= 0.3 is 0 Å². The van der Waals surface area contributed by atoms with Crippen LogP contribution >= 0.6 is 35.0 Å². The van der Waals surface area contributed by atoms with E-state index in [4.69, 9.17) is 37.7 Å². The molecule has 11 heteroatoms. The van der Waals surface area contributed by atoms with Crippen molar-refractivity contribution in [1.29, 1.82) is 0 Å². The summed E-state index contributed by atoms with van der Waals surface area (Å²) >= 11 is 14.0. The van der Waals surface area contributed by atoms with Crippen LogP contribution in [-0.4, -0.2) is 66.4 Å². The first kappa shape index (κ1) is 24.6. The summed E-state index contributed by atoms with van der Waals surface area (Å²) in [5.41, 5.74) is 2.17. The Bertz CT molecular complexity index is 1330. The predicted octanol–water partition coefficient (Wildman–Crippen LogP) is 5.07. The lowest BCUT2D eigenvalue weighted by atomic mass is 9.91. The fourth-order valence-electron chi connectivity index (χ4n) is 5.04. The molecule has 37 heavy (non-hydrogen) atoms. The van der Waals surface area contributed by atoms with Gasteiger partial charge < -0.3 is 24.2 Å². The van der Waals surface area contributed by atoms with Crippen LogP contribution in [0.2, 0.25) is 10.0 Å². The number of thioether (sulfide) groups is 1. The maximum Gasteiger partial charge on any atom is 0.261 e. The second kappa shape index (κ2) is 10.2. The van der Waals surface area contributed by atoms with Crippen LogP contribution < -0.4 is 9.64 Å². The number of benzene rings is 2. The fraction of sp³-hybridized carbons (Fsp3) is 0.308. The molecular weight excluding hydrogens is 538 g/mol. The average molecular weight is 561 g/mol. The van der Waals surface area contributed by atoms with Crippen molar-refractivity contribution in [3.63, 3.8) is 0 Å². The molecule has 7 nitrogen and oxygen atoms in total. The van der Waals surface area contributed by atoms with Crippen molar-refractivity contribution in [3.05, 3.63) is 81.2 Å². The van der Waals surface area contributed by atoms with Crippen LogP contribution in [0.15, 0.2) is 64.8 Å². The molecule has 1 unspecified atom stereocenters. The summed E-state index contributed by atoms with van der Waals surface area (Å²) in [6, 6.07) is 9.12. The third-order valence-corrected chi connectivity index (χ3v) is 8.12. The highest BCUT2D eigenvalue weighted by atomic mass is 35.5. The molecule has 1 fully saturated rings. The Hall–Kier alpha value is -2.72. The van der Waals surface area contributed by atoms with Crippen LogP contribution in [0.25, 0.3) is 0 Å². The van der Waals surface area contributed by atoms with Crippen LogP contribution in [0.3, 0.4) is 0 Å². The van der Waals surface area contributed by atoms with Crippen molar-refractivity contribution < 1.29 is 18.7 Å². The van der Waals surface area contributed by atoms with Crippen molar-refractivity contribution in [1.82, 2.24) is 9.80 Å². The molecule has 2 aromatic carbocycles. The first-order chi connectivity index (χ1) is 18.0. The maximum absolute atomic E-state index is 15.2. The second-order valence-corrected chi connectivity index (χ2v) is 10.7. The van der Waals surface area contributed by atoms with E-state index < -0.39 is 11.9 Å². The molecule has 1 saturated heterocycles. The number of amidine groups is 1. The van der Waals surface area contributed by atoms with E-state index in [0.717, 1.165) is 29.6 Å². The molecule has 0 bridgehead atoms. The number of ether oxygens (including phenoxy) is 2. The van der Waals surface area contributed by atoms with Crippen molar-refractivity contribution in [2.75, 3.05) is 44.4 Å². The van der Waals surface area contributed by atoms with E-state index in [0.29, 0.717) is 34.6 Å². The molecule has 0 aliphatic carbocycles. The number of hydrogen-bond donors (Lipinski definition) is 0. The summed E-state index contributed by atoms with van der Waals surface area (Å²) in [5, 5.41) is 3.46. The molecule has 0 spiro atoms. The number of anilines is 1. The number of aliphatic imine (C=N–C) groups is 1. The minimum Gasteiger partial charge on any atom is -0.482 e. The molecule has 1 amide bonds. The minimum atomic E-state index is -0.614. The van der Waals surface area contributed by atoms with Crippen molar-refractivity contribution in [3.8, 4) is 5.75 Å². The van der Waals surface area contributed by atoms with Gasteiger partial charge in [0.05, 0.1) is 30.0 Å². The summed E-state index contributed by atoms with van der Waals surface area (Å²) in [7, 11) is 0. The normalized spacial score (nSPS) is 22.5. The molecule has 0 N–H and O–H groups in total. The average Bonchev–Trinajstić information content (AvgIpc) is 3.49. The first-order valence-electron chi connectivity index (χ1n) is 11.9. The number of halogens is 3. The van der Waals surface area contributed by atoms with Gasteiger partial charge in [-0.25, -0.2) is 9.38 Å². The number of carbonyl (C=O) groups is 1. The number of carbonyl (C=O) groups excluding carboxylic acids is 1. The van der Waals surface area contributed by atoms with Gasteiger partial charge in [0.1, 0.15) is 17.6 Å². The zero-order valence-corrected chi connectivity index (χ0v) is 22.0. The van der Waals surface area contributed by atoms with E-state index in [1.165, 1.54) is 17.8 Å². The van der Waals surface area contributed by atoms with Crippen LogP contribution in [0, 0.1) is 5.82 Å². The largest absolute Gasteiger partial charge is 0.482 e. The van der Waals surface area contributed by atoms with E-state index >= 15 is 4.39 Å². The minimum absolute atomic E-state index is 0.240. The summed E-state index contributed by atoms with van der Waals surface area (Å²) in [6.45, 7) is 2.97. The molecule has 2 atom stereocenters.